The highest BCUT2D eigenvalue weighted by atomic mass is 79.9. The first-order chi connectivity index (χ1) is 6.79. The third-order valence-corrected chi connectivity index (χ3v) is 3.34. The Balaban J connectivity index is 2.46. The Labute approximate surface area is 93.0 Å². The smallest absolute Gasteiger partial charge is 0.168 e. The molecule has 2 aromatic heterocycles. The molecule has 14 heavy (non-hydrogen) atoms. The van der Waals surface area contributed by atoms with Crippen LogP contribution < -0.4 is 0 Å². The van der Waals surface area contributed by atoms with Crippen LogP contribution in [0.3, 0.4) is 0 Å². The predicted octanol–water partition coefficient (Wildman–Crippen LogP) is 2.78. The fraction of sp³-hybridized carbons (Fsp3) is 0. The highest BCUT2D eigenvalue weighted by Crippen LogP contribution is 2.28. The van der Waals surface area contributed by atoms with Crippen molar-refractivity contribution in [2.24, 2.45) is 0 Å². The molecule has 70 valence electrons. The lowest BCUT2D eigenvalue weighted by molar-refractivity contribution is 0.111. The van der Waals surface area contributed by atoms with E-state index in [1.165, 1.54) is 6.33 Å². The Bertz CT molecular complexity index is 469. The number of aldehydes is 1. The number of carbonyl (C=O) groups is 1. The average molecular weight is 269 g/mol. The first-order valence-corrected chi connectivity index (χ1v) is 5.48. The van der Waals surface area contributed by atoms with Crippen molar-refractivity contribution < 1.29 is 4.79 Å². The van der Waals surface area contributed by atoms with Crippen LogP contribution in [-0.2, 0) is 0 Å². The highest BCUT2D eigenvalue weighted by molar-refractivity contribution is 9.10. The molecule has 0 atom stereocenters. The van der Waals surface area contributed by atoms with Crippen LogP contribution in [-0.4, -0.2) is 16.3 Å². The van der Waals surface area contributed by atoms with Gasteiger partial charge < -0.3 is 0 Å². The Morgan fingerprint density at radius 1 is 1.36 bits per heavy atom. The van der Waals surface area contributed by atoms with E-state index in [0.29, 0.717) is 12.0 Å². The number of thiophene rings is 1. The van der Waals surface area contributed by atoms with Gasteiger partial charge in [-0.2, -0.15) is 0 Å². The van der Waals surface area contributed by atoms with Crippen molar-refractivity contribution in [3.63, 3.8) is 0 Å². The Morgan fingerprint density at radius 2 is 2.21 bits per heavy atom. The number of halogens is 1. The van der Waals surface area contributed by atoms with Crippen LogP contribution in [0.15, 0.2) is 28.3 Å². The fourth-order valence-electron chi connectivity index (χ4n) is 1.02. The zero-order valence-electron chi connectivity index (χ0n) is 6.98. The summed E-state index contributed by atoms with van der Waals surface area (Å²) in [6, 6.07) is 3.63. The highest BCUT2D eigenvalue weighted by Gasteiger charge is 2.03. The van der Waals surface area contributed by atoms with Gasteiger partial charge in [-0.15, -0.1) is 11.3 Å². The normalized spacial score (nSPS) is 10.1. The molecule has 0 spiro atoms. The van der Waals surface area contributed by atoms with Gasteiger partial charge in [-0.3, -0.25) is 4.79 Å². The molecule has 2 aromatic rings. The van der Waals surface area contributed by atoms with Gasteiger partial charge in [0.15, 0.2) is 6.29 Å². The Hall–Kier alpha value is -1.07. The molecular formula is C9H5BrN2OS. The van der Waals surface area contributed by atoms with Crippen molar-refractivity contribution in [1.29, 1.82) is 0 Å². The van der Waals surface area contributed by atoms with Crippen molar-refractivity contribution in [2.75, 3.05) is 0 Å². The van der Waals surface area contributed by atoms with E-state index in [4.69, 9.17) is 0 Å². The minimum atomic E-state index is 0.402. The summed E-state index contributed by atoms with van der Waals surface area (Å²) in [4.78, 5) is 19.4. The summed E-state index contributed by atoms with van der Waals surface area (Å²) < 4.78 is 1.02. The molecule has 0 unspecified atom stereocenters. The maximum absolute atomic E-state index is 10.5. The van der Waals surface area contributed by atoms with Crippen molar-refractivity contribution in [3.8, 4) is 10.6 Å². The topological polar surface area (TPSA) is 42.9 Å². The van der Waals surface area contributed by atoms with Crippen molar-refractivity contribution in [1.82, 2.24) is 9.97 Å². The molecule has 2 heterocycles. The molecule has 0 amide bonds. The van der Waals surface area contributed by atoms with Crippen molar-refractivity contribution in [2.45, 2.75) is 0 Å². The molecule has 0 aliphatic rings. The lowest BCUT2D eigenvalue weighted by Crippen LogP contribution is -1.89. The second-order valence-electron chi connectivity index (χ2n) is 2.58. The summed E-state index contributed by atoms with van der Waals surface area (Å²) in [6.07, 6.45) is 2.11. The van der Waals surface area contributed by atoms with Gasteiger partial charge in [0, 0.05) is 9.85 Å². The number of carbonyl (C=O) groups excluding carboxylic acids is 1. The summed E-state index contributed by atoms with van der Waals surface area (Å²) in [6.45, 7) is 0. The van der Waals surface area contributed by atoms with E-state index in [9.17, 15) is 4.79 Å². The van der Waals surface area contributed by atoms with Crippen LogP contribution in [0.25, 0.3) is 10.6 Å². The maximum Gasteiger partial charge on any atom is 0.168 e. The molecule has 3 nitrogen and oxygen atoms in total. The standard InChI is InChI=1S/C9H5BrN2OS/c10-6-1-9(14-4-6)8-2-7(3-13)11-5-12-8/h1-5H. The Kier molecular flexibility index (Phi) is 2.69. The predicted molar refractivity (Wildman–Crippen MR) is 58.4 cm³/mol. The van der Waals surface area contributed by atoms with E-state index >= 15 is 0 Å². The molecule has 0 saturated heterocycles. The van der Waals surface area contributed by atoms with E-state index < -0.39 is 0 Å². The largest absolute Gasteiger partial charge is 0.296 e. The first kappa shape index (κ1) is 9.48. The van der Waals surface area contributed by atoms with Crippen LogP contribution in [0, 0.1) is 0 Å². The van der Waals surface area contributed by atoms with Crippen LogP contribution in [0.4, 0.5) is 0 Å². The number of aromatic nitrogens is 2. The first-order valence-electron chi connectivity index (χ1n) is 3.81. The molecule has 0 fully saturated rings. The third-order valence-electron chi connectivity index (χ3n) is 1.63. The minimum absolute atomic E-state index is 0.402. The van der Waals surface area contributed by atoms with E-state index in [-0.39, 0.29) is 0 Å². The number of hydrogen-bond acceptors (Lipinski definition) is 4. The second-order valence-corrected chi connectivity index (χ2v) is 4.40. The molecule has 0 aliphatic carbocycles. The Morgan fingerprint density at radius 3 is 2.86 bits per heavy atom. The van der Waals surface area contributed by atoms with E-state index in [1.807, 2.05) is 11.4 Å². The van der Waals surface area contributed by atoms with Crippen molar-refractivity contribution >= 4 is 33.6 Å². The summed E-state index contributed by atoms with van der Waals surface area (Å²) in [5.41, 5.74) is 1.18. The molecule has 5 heteroatoms. The molecule has 0 saturated carbocycles. The molecule has 0 N–H and O–H groups in total. The second kappa shape index (κ2) is 3.98. The zero-order chi connectivity index (χ0) is 9.97. The molecule has 0 bridgehead atoms. The maximum atomic E-state index is 10.5. The van der Waals surface area contributed by atoms with Crippen LogP contribution in [0.1, 0.15) is 10.5 Å². The lowest BCUT2D eigenvalue weighted by atomic mass is 10.3. The zero-order valence-corrected chi connectivity index (χ0v) is 9.38. The summed E-state index contributed by atoms with van der Waals surface area (Å²) in [5.74, 6) is 0. The number of hydrogen-bond donors (Lipinski definition) is 0. The van der Waals surface area contributed by atoms with Crippen molar-refractivity contribution in [3.05, 3.63) is 34.0 Å². The summed E-state index contributed by atoms with van der Waals surface area (Å²) >= 11 is 4.93. The van der Waals surface area contributed by atoms with Gasteiger partial charge in [-0.1, -0.05) is 0 Å². The van der Waals surface area contributed by atoms with Gasteiger partial charge in [0.2, 0.25) is 0 Å². The minimum Gasteiger partial charge on any atom is -0.296 e. The fourth-order valence-corrected chi connectivity index (χ4v) is 2.41. The average Bonchev–Trinajstić information content (AvgIpc) is 2.65. The molecular weight excluding hydrogens is 264 g/mol. The van der Waals surface area contributed by atoms with E-state index in [2.05, 4.69) is 25.9 Å². The van der Waals surface area contributed by atoms with Gasteiger partial charge in [0.05, 0.1) is 10.6 Å². The van der Waals surface area contributed by atoms with Crippen LogP contribution >= 0.6 is 27.3 Å². The summed E-state index contributed by atoms with van der Waals surface area (Å²) in [5, 5.41) is 1.97. The lowest BCUT2D eigenvalue weighted by Gasteiger charge is -1.95. The number of nitrogens with zero attached hydrogens (tertiary/aromatic N) is 2. The number of rotatable bonds is 2. The third kappa shape index (κ3) is 1.88. The summed E-state index contributed by atoms with van der Waals surface area (Å²) in [7, 11) is 0. The van der Waals surface area contributed by atoms with E-state index in [1.54, 1.807) is 17.4 Å². The van der Waals surface area contributed by atoms with Crippen LogP contribution in [0.2, 0.25) is 0 Å². The quantitative estimate of drug-likeness (QED) is 0.787. The molecule has 0 aromatic carbocycles. The van der Waals surface area contributed by atoms with Gasteiger partial charge in [0.1, 0.15) is 12.0 Å². The van der Waals surface area contributed by atoms with Gasteiger partial charge >= 0.3 is 0 Å². The van der Waals surface area contributed by atoms with Crippen LogP contribution in [0.5, 0.6) is 0 Å². The monoisotopic (exact) mass is 268 g/mol. The molecule has 2 rings (SSSR count). The molecule has 0 aliphatic heterocycles. The van der Waals surface area contributed by atoms with Gasteiger partial charge in [-0.05, 0) is 28.1 Å². The van der Waals surface area contributed by atoms with E-state index in [0.717, 1.165) is 15.0 Å². The van der Waals surface area contributed by atoms with Gasteiger partial charge in [0.25, 0.3) is 0 Å². The van der Waals surface area contributed by atoms with Gasteiger partial charge in [-0.25, -0.2) is 9.97 Å². The molecule has 0 radical (unpaired) electrons. The SMILES string of the molecule is O=Cc1cc(-c2cc(Br)cs2)ncn1.